The van der Waals surface area contributed by atoms with Gasteiger partial charge in [-0.25, -0.2) is 23.7 Å². The van der Waals surface area contributed by atoms with Crippen LogP contribution >= 0.6 is 0 Å². The normalized spacial score (nSPS) is 21.9. The van der Waals surface area contributed by atoms with Crippen molar-refractivity contribution in [3.05, 3.63) is 65.1 Å². The van der Waals surface area contributed by atoms with Crippen LogP contribution in [0.3, 0.4) is 0 Å². The van der Waals surface area contributed by atoms with Crippen molar-refractivity contribution >= 4 is 11.2 Å². The summed E-state index contributed by atoms with van der Waals surface area (Å²) in [6.45, 7) is 7.02. The number of piperidine rings is 3. The van der Waals surface area contributed by atoms with Crippen LogP contribution in [0.4, 0.5) is 8.78 Å². The average molecular weight is 462 g/mol. The van der Waals surface area contributed by atoms with Gasteiger partial charge >= 0.3 is 0 Å². The summed E-state index contributed by atoms with van der Waals surface area (Å²) in [6, 6.07) is 3.00. The van der Waals surface area contributed by atoms with Crippen LogP contribution in [-0.2, 0) is 6.54 Å². The monoisotopic (exact) mass is 461 g/mol. The van der Waals surface area contributed by atoms with Crippen molar-refractivity contribution in [2.75, 3.05) is 19.6 Å². The second kappa shape index (κ2) is 8.16. The van der Waals surface area contributed by atoms with Crippen LogP contribution in [0.5, 0.6) is 0 Å². The summed E-state index contributed by atoms with van der Waals surface area (Å²) in [6.07, 6.45) is 6.83. The molecule has 7 rings (SSSR count). The highest BCUT2D eigenvalue weighted by Gasteiger charge is 2.35. The molecule has 0 saturated carbocycles. The fourth-order valence-corrected chi connectivity index (χ4v) is 5.47. The van der Waals surface area contributed by atoms with Crippen molar-refractivity contribution in [1.82, 2.24) is 34.4 Å². The van der Waals surface area contributed by atoms with Crippen molar-refractivity contribution in [2.24, 2.45) is 5.92 Å². The average Bonchev–Trinajstić information content (AvgIpc) is 3.19. The Morgan fingerprint density at radius 1 is 1.00 bits per heavy atom. The maximum Gasteiger partial charge on any atom is 0.164 e. The van der Waals surface area contributed by atoms with Crippen molar-refractivity contribution < 1.29 is 8.78 Å². The van der Waals surface area contributed by atoms with E-state index in [1.54, 1.807) is 17.6 Å². The number of imidazole rings is 1. The van der Waals surface area contributed by atoms with E-state index in [1.807, 2.05) is 13.1 Å². The fourth-order valence-electron chi connectivity index (χ4n) is 5.47. The highest BCUT2D eigenvalue weighted by molar-refractivity contribution is 5.79. The minimum absolute atomic E-state index is 0.116. The molecule has 0 aliphatic carbocycles. The smallest absolute Gasteiger partial charge is 0.164 e. The molecule has 0 amide bonds. The molecule has 3 aliphatic rings. The first-order valence-corrected chi connectivity index (χ1v) is 11.7. The Labute approximate surface area is 195 Å². The molecular weight excluding hydrogens is 436 g/mol. The first-order chi connectivity index (χ1) is 16.5. The predicted octanol–water partition coefficient (Wildman–Crippen LogP) is 4.04. The number of hydrogen-bond donors (Lipinski definition) is 0. The summed E-state index contributed by atoms with van der Waals surface area (Å²) in [5.41, 5.74) is 3.61. The zero-order valence-electron chi connectivity index (χ0n) is 19.2. The van der Waals surface area contributed by atoms with E-state index in [-0.39, 0.29) is 12.4 Å². The van der Waals surface area contributed by atoms with E-state index in [9.17, 15) is 4.39 Å². The summed E-state index contributed by atoms with van der Waals surface area (Å²) in [5.74, 6) is 1.15. The van der Waals surface area contributed by atoms with E-state index in [1.165, 1.54) is 25.1 Å². The SMILES string of the molecule is Cc1nc(C)c2nc(-c3cncc(F)c3)n(Cc3ncc(C4CN5CCC4CC5)cc3F)c2n1. The van der Waals surface area contributed by atoms with Crippen molar-refractivity contribution in [1.29, 1.82) is 0 Å². The molecule has 1 atom stereocenters. The van der Waals surface area contributed by atoms with E-state index >= 15 is 4.39 Å². The van der Waals surface area contributed by atoms with Gasteiger partial charge in [0.2, 0.25) is 0 Å². The summed E-state index contributed by atoms with van der Waals surface area (Å²) in [4.78, 5) is 24.6. The molecule has 9 heteroatoms. The van der Waals surface area contributed by atoms with E-state index in [4.69, 9.17) is 0 Å². The molecular formula is C25H25F2N7. The Morgan fingerprint density at radius 2 is 1.82 bits per heavy atom. The van der Waals surface area contributed by atoms with Gasteiger partial charge in [0.05, 0.1) is 24.1 Å². The summed E-state index contributed by atoms with van der Waals surface area (Å²) < 4.78 is 31.1. The molecule has 4 aromatic heterocycles. The Kier molecular flexibility index (Phi) is 5.09. The predicted molar refractivity (Wildman–Crippen MR) is 123 cm³/mol. The van der Waals surface area contributed by atoms with E-state index in [2.05, 4.69) is 29.8 Å². The van der Waals surface area contributed by atoms with Crippen LogP contribution in [0.2, 0.25) is 0 Å². The number of aromatic nitrogens is 6. The lowest BCUT2D eigenvalue weighted by Gasteiger charge is -2.45. The summed E-state index contributed by atoms with van der Waals surface area (Å²) in [5, 5.41) is 0. The third kappa shape index (κ3) is 3.64. The second-order valence-electron chi connectivity index (χ2n) is 9.38. The Hall–Kier alpha value is -3.33. The van der Waals surface area contributed by atoms with Crippen molar-refractivity contribution in [3.8, 4) is 11.4 Å². The van der Waals surface area contributed by atoms with Crippen LogP contribution in [0.25, 0.3) is 22.6 Å². The van der Waals surface area contributed by atoms with E-state index < -0.39 is 5.82 Å². The highest BCUT2D eigenvalue weighted by Crippen LogP contribution is 2.39. The van der Waals surface area contributed by atoms with Gasteiger partial charge in [-0.2, -0.15) is 0 Å². The lowest BCUT2D eigenvalue weighted by atomic mass is 9.76. The minimum Gasteiger partial charge on any atom is -0.303 e. The zero-order chi connectivity index (χ0) is 23.4. The number of rotatable bonds is 4. The van der Waals surface area contributed by atoms with Crippen LogP contribution < -0.4 is 0 Å². The maximum absolute atomic E-state index is 15.4. The second-order valence-corrected chi connectivity index (χ2v) is 9.38. The fraction of sp³-hybridized carbons (Fsp3) is 0.400. The quantitative estimate of drug-likeness (QED) is 0.457. The maximum atomic E-state index is 15.4. The molecule has 7 heterocycles. The third-order valence-electron chi connectivity index (χ3n) is 7.17. The van der Waals surface area contributed by atoms with Gasteiger partial charge in [0.1, 0.15) is 28.8 Å². The number of halogens is 2. The molecule has 0 spiro atoms. The van der Waals surface area contributed by atoms with Gasteiger partial charge in [-0.3, -0.25) is 9.97 Å². The largest absolute Gasteiger partial charge is 0.303 e. The molecule has 3 fully saturated rings. The molecule has 0 N–H and O–H groups in total. The lowest BCUT2D eigenvalue weighted by Crippen LogP contribution is -2.46. The van der Waals surface area contributed by atoms with Crippen LogP contribution in [0.1, 0.15) is 41.5 Å². The van der Waals surface area contributed by atoms with Gasteiger partial charge in [0.25, 0.3) is 0 Å². The standard InChI is InChI=1S/C25H25F2N7/c1-14-23-25(31-15(2)30-14)34(24(32-23)18-7-19(26)11-28-9-18)13-22-21(27)8-17(10-29-22)20-12-33-5-3-16(20)4-6-33/h7-11,16,20H,3-6,12-13H2,1-2H3. The molecule has 0 aromatic carbocycles. The van der Waals surface area contributed by atoms with Gasteiger partial charge < -0.3 is 9.47 Å². The van der Waals surface area contributed by atoms with Crippen LogP contribution in [0, 0.1) is 31.4 Å². The van der Waals surface area contributed by atoms with Gasteiger partial charge in [0.15, 0.2) is 5.65 Å². The highest BCUT2D eigenvalue weighted by atomic mass is 19.1. The number of nitrogens with zero attached hydrogens (tertiary/aromatic N) is 7. The van der Waals surface area contributed by atoms with Crippen LogP contribution in [0.15, 0.2) is 30.7 Å². The van der Waals surface area contributed by atoms with Crippen molar-refractivity contribution in [2.45, 2.75) is 39.2 Å². The van der Waals surface area contributed by atoms with Gasteiger partial charge in [0, 0.05) is 30.4 Å². The Bertz CT molecular complexity index is 1390. The van der Waals surface area contributed by atoms with E-state index in [0.29, 0.717) is 51.6 Å². The topological polar surface area (TPSA) is 72.6 Å². The molecule has 3 saturated heterocycles. The number of hydrogen-bond acceptors (Lipinski definition) is 6. The Balaban J connectivity index is 1.41. The summed E-state index contributed by atoms with van der Waals surface area (Å²) >= 11 is 0. The van der Waals surface area contributed by atoms with Crippen molar-refractivity contribution in [3.63, 3.8) is 0 Å². The van der Waals surface area contributed by atoms with Gasteiger partial charge in [-0.15, -0.1) is 0 Å². The molecule has 34 heavy (non-hydrogen) atoms. The molecule has 2 bridgehead atoms. The zero-order valence-corrected chi connectivity index (χ0v) is 19.2. The molecule has 7 nitrogen and oxygen atoms in total. The number of fused-ring (bicyclic) bond motifs is 4. The first kappa shape index (κ1) is 21.2. The molecule has 174 valence electrons. The van der Waals surface area contributed by atoms with E-state index in [0.717, 1.165) is 31.4 Å². The Morgan fingerprint density at radius 3 is 2.53 bits per heavy atom. The number of aryl methyl sites for hydroxylation is 2. The van der Waals surface area contributed by atoms with Gasteiger partial charge in [-0.05, 0) is 63.4 Å². The summed E-state index contributed by atoms with van der Waals surface area (Å²) in [7, 11) is 0. The lowest BCUT2D eigenvalue weighted by molar-refractivity contribution is 0.0868. The van der Waals surface area contributed by atoms with Crippen LogP contribution in [-0.4, -0.2) is 54.0 Å². The minimum atomic E-state index is -0.471. The number of pyridine rings is 2. The van der Waals surface area contributed by atoms with Gasteiger partial charge in [-0.1, -0.05) is 0 Å². The molecule has 0 radical (unpaired) electrons. The first-order valence-electron chi connectivity index (χ1n) is 11.7. The molecule has 4 aromatic rings. The molecule has 1 unspecified atom stereocenters. The molecule has 3 aliphatic heterocycles. The third-order valence-corrected chi connectivity index (χ3v) is 7.17.